The molecular weight excluding hydrogens is 311 g/mol. The Morgan fingerprint density at radius 3 is 2.67 bits per heavy atom. The first kappa shape index (κ1) is 17.8. The Morgan fingerprint density at radius 2 is 1.96 bits per heavy atom. The van der Waals surface area contributed by atoms with Gasteiger partial charge in [0.25, 0.3) is 0 Å². The Labute approximate surface area is 140 Å². The SMILES string of the molecule is CN(C)C(=O)CCCNC(=O)N(C)Cc1cc2cc(F)ccc2[nH]1. The summed E-state index contributed by atoms with van der Waals surface area (Å²) >= 11 is 0. The zero-order chi connectivity index (χ0) is 17.7. The van der Waals surface area contributed by atoms with Crippen molar-refractivity contribution in [3.05, 3.63) is 35.8 Å². The fourth-order valence-corrected chi connectivity index (χ4v) is 2.37. The average Bonchev–Trinajstić information content (AvgIpc) is 2.91. The Kier molecular flexibility index (Phi) is 5.78. The highest BCUT2D eigenvalue weighted by Crippen LogP contribution is 2.17. The number of aromatic nitrogens is 1. The zero-order valence-corrected chi connectivity index (χ0v) is 14.2. The third-order valence-corrected chi connectivity index (χ3v) is 3.74. The van der Waals surface area contributed by atoms with Gasteiger partial charge in [0.15, 0.2) is 0 Å². The van der Waals surface area contributed by atoms with Crippen LogP contribution in [0, 0.1) is 5.82 Å². The quantitative estimate of drug-likeness (QED) is 0.796. The predicted molar refractivity (Wildman–Crippen MR) is 91.1 cm³/mol. The maximum atomic E-state index is 13.2. The molecule has 6 nitrogen and oxygen atoms in total. The van der Waals surface area contributed by atoms with Crippen LogP contribution in [0.4, 0.5) is 9.18 Å². The lowest BCUT2D eigenvalue weighted by Gasteiger charge is -2.17. The third-order valence-electron chi connectivity index (χ3n) is 3.74. The molecule has 0 fully saturated rings. The number of carbonyl (C=O) groups excluding carboxylic acids is 2. The van der Waals surface area contributed by atoms with Crippen LogP contribution in [-0.2, 0) is 11.3 Å². The van der Waals surface area contributed by atoms with Crippen LogP contribution in [0.5, 0.6) is 0 Å². The number of benzene rings is 1. The first-order chi connectivity index (χ1) is 11.4. The number of H-pyrrole nitrogens is 1. The standard InChI is InChI=1S/C17H23FN4O2/c1-21(2)16(23)5-4-8-19-17(24)22(3)11-14-10-12-9-13(18)6-7-15(12)20-14/h6-7,9-10,20H,4-5,8,11H2,1-3H3,(H,19,24). The van der Waals surface area contributed by atoms with Crippen molar-refractivity contribution < 1.29 is 14.0 Å². The highest BCUT2D eigenvalue weighted by Gasteiger charge is 2.11. The van der Waals surface area contributed by atoms with Crippen LogP contribution in [0.15, 0.2) is 24.3 Å². The van der Waals surface area contributed by atoms with E-state index >= 15 is 0 Å². The minimum Gasteiger partial charge on any atom is -0.357 e. The van der Waals surface area contributed by atoms with E-state index in [-0.39, 0.29) is 17.8 Å². The van der Waals surface area contributed by atoms with Gasteiger partial charge in [-0.15, -0.1) is 0 Å². The molecule has 0 unspecified atom stereocenters. The maximum absolute atomic E-state index is 13.2. The number of aromatic amines is 1. The van der Waals surface area contributed by atoms with Crippen LogP contribution in [-0.4, -0.2) is 54.4 Å². The Morgan fingerprint density at radius 1 is 1.21 bits per heavy atom. The van der Waals surface area contributed by atoms with Crippen LogP contribution in [0.25, 0.3) is 10.9 Å². The van der Waals surface area contributed by atoms with E-state index < -0.39 is 0 Å². The molecule has 2 N–H and O–H groups in total. The highest BCUT2D eigenvalue weighted by atomic mass is 19.1. The fraction of sp³-hybridized carbons (Fsp3) is 0.412. The third kappa shape index (κ3) is 4.71. The molecule has 0 aliphatic heterocycles. The van der Waals surface area contributed by atoms with Gasteiger partial charge in [0.05, 0.1) is 6.54 Å². The van der Waals surface area contributed by atoms with Crippen LogP contribution in [0.3, 0.4) is 0 Å². The number of hydrogen-bond donors (Lipinski definition) is 2. The zero-order valence-electron chi connectivity index (χ0n) is 14.2. The van der Waals surface area contributed by atoms with Gasteiger partial charge in [-0.1, -0.05) is 0 Å². The topological polar surface area (TPSA) is 68.4 Å². The second kappa shape index (κ2) is 7.81. The molecule has 0 radical (unpaired) electrons. The van der Waals surface area contributed by atoms with Gasteiger partial charge in [-0.05, 0) is 30.7 Å². The Balaban J connectivity index is 1.81. The molecular formula is C17H23FN4O2. The predicted octanol–water partition coefficient (Wildman–Crippen LogP) is 2.32. The van der Waals surface area contributed by atoms with Gasteiger partial charge < -0.3 is 20.1 Å². The number of amides is 3. The molecule has 3 amide bonds. The summed E-state index contributed by atoms with van der Waals surface area (Å²) in [5.41, 5.74) is 1.67. The first-order valence-electron chi connectivity index (χ1n) is 7.83. The molecule has 0 atom stereocenters. The lowest BCUT2D eigenvalue weighted by atomic mass is 10.2. The summed E-state index contributed by atoms with van der Waals surface area (Å²) in [6.45, 7) is 0.833. The van der Waals surface area contributed by atoms with Crippen molar-refractivity contribution in [2.24, 2.45) is 0 Å². The number of halogens is 1. The molecule has 130 valence electrons. The number of nitrogens with zero attached hydrogens (tertiary/aromatic N) is 2. The van der Waals surface area contributed by atoms with Gasteiger partial charge in [0.2, 0.25) is 5.91 Å². The molecule has 2 aromatic rings. The van der Waals surface area contributed by atoms with E-state index in [1.807, 2.05) is 6.07 Å². The van der Waals surface area contributed by atoms with E-state index in [4.69, 9.17) is 0 Å². The first-order valence-corrected chi connectivity index (χ1v) is 7.83. The van der Waals surface area contributed by atoms with Crippen LogP contribution >= 0.6 is 0 Å². The largest absolute Gasteiger partial charge is 0.357 e. The molecule has 0 aliphatic carbocycles. The summed E-state index contributed by atoms with van der Waals surface area (Å²) in [7, 11) is 5.11. The monoisotopic (exact) mass is 334 g/mol. The van der Waals surface area contributed by atoms with Crippen molar-refractivity contribution in [3.63, 3.8) is 0 Å². The van der Waals surface area contributed by atoms with Crippen molar-refractivity contribution >= 4 is 22.8 Å². The number of nitrogens with one attached hydrogen (secondary N) is 2. The molecule has 24 heavy (non-hydrogen) atoms. The number of fused-ring (bicyclic) bond motifs is 1. The van der Waals surface area contributed by atoms with Crippen molar-refractivity contribution in [3.8, 4) is 0 Å². The summed E-state index contributed by atoms with van der Waals surface area (Å²) in [5, 5.41) is 3.56. The fourth-order valence-electron chi connectivity index (χ4n) is 2.37. The van der Waals surface area contributed by atoms with E-state index in [1.165, 1.54) is 21.9 Å². The molecule has 0 saturated carbocycles. The molecule has 2 rings (SSSR count). The molecule has 0 aliphatic rings. The Hall–Kier alpha value is -2.57. The van der Waals surface area contributed by atoms with Gasteiger partial charge >= 0.3 is 6.03 Å². The minimum atomic E-state index is -0.286. The van der Waals surface area contributed by atoms with E-state index in [9.17, 15) is 14.0 Å². The molecule has 0 spiro atoms. The van der Waals surface area contributed by atoms with Gasteiger partial charge in [0.1, 0.15) is 5.82 Å². The minimum absolute atomic E-state index is 0.0444. The summed E-state index contributed by atoms with van der Waals surface area (Å²) in [5.74, 6) is -0.241. The molecule has 1 aromatic carbocycles. The number of urea groups is 1. The Bertz CT molecular complexity index is 726. The van der Waals surface area contributed by atoms with Crippen molar-refractivity contribution in [2.75, 3.05) is 27.7 Å². The normalized spacial score (nSPS) is 10.7. The number of carbonyl (C=O) groups is 2. The summed E-state index contributed by atoms with van der Waals surface area (Å²) in [6, 6.07) is 6.15. The van der Waals surface area contributed by atoms with Gasteiger partial charge in [-0.3, -0.25) is 4.79 Å². The van der Waals surface area contributed by atoms with Gasteiger partial charge in [-0.2, -0.15) is 0 Å². The molecule has 7 heteroatoms. The lowest BCUT2D eigenvalue weighted by Crippen LogP contribution is -2.37. The summed E-state index contributed by atoms with van der Waals surface area (Å²) in [4.78, 5) is 29.7. The number of rotatable bonds is 6. The van der Waals surface area contributed by atoms with Crippen molar-refractivity contribution in [2.45, 2.75) is 19.4 Å². The van der Waals surface area contributed by atoms with E-state index in [1.54, 1.807) is 27.2 Å². The average molecular weight is 334 g/mol. The molecule has 0 saturated heterocycles. The van der Waals surface area contributed by atoms with Crippen LogP contribution in [0.1, 0.15) is 18.5 Å². The second-order valence-electron chi connectivity index (χ2n) is 6.01. The maximum Gasteiger partial charge on any atom is 0.317 e. The highest BCUT2D eigenvalue weighted by molar-refractivity contribution is 5.80. The lowest BCUT2D eigenvalue weighted by molar-refractivity contribution is -0.128. The number of hydrogen-bond acceptors (Lipinski definition) is 2. The smallest absolute Gasteiger partial charge is 0.317 e. The van der Waals surface area contributed by atoms with E-state index in [0.717, 1.165) is 16.6 Å². The second-order valence-corrected chi connectivity index (χ2v) is 6.01. The van der Waals surface area contributed by atoms with Crippen molar-refractivity contribution in [1.29, 1.82) is 0 Å². The molecule has 1 aromatic heterocycles. The summed E-state index contributed by atoms with van der Waals surface area (Å²) < 4.78 is 13.2. The van der Waals surface area contributed by atoms with Gasteiger partial charge in [-0.25, -0.2) is 9.18 Å². The summed E-state index contributed by atoms with van der Waals surface area (Å²) in [6.07, 6.45) is 1.01. The van der Waals surface area contributed by atoms with Crippen molar-refractivity contribution in [1.82, 2.24) is 20.1 Å². The molecule has 1 heterocycles. The van der Waals surface area contributed by atoms with Gasteiger partial charge in [0, 0.05) is 50.7 Å². The van der Waals surface area contributed by atoms with Crippen LogP contribution < -0.4 is 5.32 Å². The van der Waals surface area contributed by atoms with Crippen LogP contribution in [0.2, 0.25) is 0 Å². The molecule has 0 bridgehead atoms. The van der Waals surface area contributed by atoms with E-state index in [0.29, 0.717) is 25.9 Å². The van der Waals surface area contributed by atoms with E-state index in [2.05, 4.69) is 10.3 Å².